The van der Waals surface area contributed by atoms with Gasteiger partial charge >= 0.3 is 6.18 Å². The first-order chi connectivity index (χ1) is 6.73. The van der Waals surface area contributed by atoms with E-state index >= 15 is 0 Å². The molecule has 0 aromatic carbocycles. The van der Waals surface area contributed by atoms with Crippen molar-refractivity contribution in [3.05, 3.63) is 32.5 Å². The minimum atomic E-state index is -4.65. The maximum atomic E-state index is 12.4. The topological polar surface area (TPSA) is 43.1 Å². The van der Waals surface area contributed by atoms with Crippen molar-refractivity contribution in [2.75, 3.05) is 0 Å². The Morgan fingerprint density at radius 2 is 2.13 bits per heavy atom. The van der Waals surface area contributed by atoms with Gasteiger partial charge in [0.1, 0.15) is 0 Å². The Bertz CT molecular complexity index is 359. The second-order valence-electron chi connectivity index (χ2n) is 3.26. The molecule has 0 heterocycles. The lowest BCUT2D eigenvalue weighted by molar-refractivity contribution is -0.429. The van der Waals surface area contributed by atoms with Gasteiger partial charge in [0.2, 0.25) is 5.70 Å². The molecule has 0 N–H and O–H groups in total. The number of hydrogen-bond acceptors (Lipinski definition) is 2. The van der Waals surface area contributed by atoms with Crippen LogP contribution in [0.2, 0.25) is 0 Å². The van der Waals surface area contributed by atoms with E-state index in [2.05, 4.69) is 0 Å². The van der Waals surface area contributed by atoms with Crippen LogP contribution in [0.4, 0.5) is 13.2 Å². The van der Waals surface area contributed by atoms with E-state index < -0.39 is 28.3 Å². The summed E-state index contributed by atoms with van der Waals surface area (Å²) in [6.45, 7) is 1.42. The molecule has 3 nitrogen and oxygen atoms in total. The number of halogens is 4. The Morgan fingerprint density at radius 3 is 2.53 bits per heavy atom. The Hall–Kier alpha value is -1.04. The van der Waals surface area contributed by atoms with Gasteiger partial charge < -0.3 is 0 Å². The predicted molar refractivity (Wildman–Crippen MR) is 47.8 cm³/mol. The number of alkyl halides is 3. The molecule has 7 heteroatoms. The third kappa shape index (κ3) is 2.50. The lowest BCUT2D eigenvalue weighted by Crippen LogP contribution is -2.20. The second kappa shape index (κ2) is 3.84. The van der Waals surface area contributed by atoms with Gasteiger partial charge in [0.15, 0.2) is 0 Å². The van der Waals surface area contributed by atoms with Crippen LogP contribution < -0.4 is 0 Å². The molecule has 0 aromatic rings. The SMILES string of the molecule is CC1CC([N+](=O)[O-])=CC(C(F)(F)F)=C1Cl. The minimum absolute atomic E-state index is 0.0780. The van der Waals surface area contributed by atoms with E-state index in [1.807, 2.05) is 0 Å². The molecule has 1 unspecified atom stereocenters. The Kier molecular flexibility index (Phi) is 3.08. The normalized spacial score (nSPS) is 22.7. The highest BCUT2D eigenvalue weighted by atomic mass is 35.5. The summed E-state index contributed by atoms with van der Waals surface area (Å²) in [5.74, 6) is -0.673. The van der Waals surface area contributed by atoms with Gasteiger partial charge in [0.25, 0.3) is 0 Å². The molecular formula is C8H7ClF3NO2. The van der Waals surface area contributed by atoms with Crippen LogP contribution in [0.15, 0.2) is 22.4 Å². The zero-order chi connectivity index (χ0) is 11.8. The van der Waals surface area contributed by atoms with Crippen molar-refractivity contribution in [3.8, 4) is 0 Å². The molecule has 15 heavy (non-hydrogen) atoms. The van der Waals surface area contributed by atoms with E-state index in [1.165, 1.54) is 6.92 Å². The molecule has 0 bridgehead atoms. The molecule has 84 valence electrons. The highest BCUT2D eigenvalue weighted by molar-refractivity contribution is 6.30. The molecule has 0 amide bonds. The molecule has 1 atom stereocenters. The van der Waals surface area contributed by atoms with Gasteiger partial charge in [-0.2, -0.15) is 13.2 Å². The Balaban J connectivity index is 3.21. The summed E-state index contributed by atoms with van der Waals surface area (Å²) in [4.78, 5) is 9.57. The lowest BCUT2D eigenvalue weighted by atomic mass is 9.95. The summed E-state index contributed by atoms with van der Waals surface area (Å²) in [6, 6.07) is 0. The van der Waals surface area contributed by atoms with Crippen molar-refractivity contribution < 1.29 is 18.1 Å². The van der Waals surface area contributed by atoms with E-state index in [0.29, 0.717) is 6.08 Å². The van der Waals surface area contributed by atoms with Crippen LogP contribution >= 0.6 is 11.6 Å². The second-order valence-corrected chi connectivity index (χ2v) is 3.66. The summed E-state index contributed by atoms with van der Waals surface area (Å²) in [5, 5.41) is 10.0. The van der Waals surface area contributed by atoms with E-state index in [9.17, 15) is 23.3 Å². The molecule has 0 fully saturated rings. The third-order valence-corrected chi connectivity index (χ3v) is 2.63. The summed E-state index contributed by atoms with van der Waals surface area (Å²) >= 11 is 5.48. The number of allylic oxidation sites excluding steroid dienone is 4. The predicted octanol–water partition coefficient (Wildman–Crippen LogP) is 3.24. The smallest absolute Gasteiger partial charge is 0.259 e. The van der Waals surface area contributed by atoms with Gasteiger partial charge in [-0.15, -0.1) is 0 Å². The Labute approximate surface area is 88.4 Å². The monoisotopic (exact) mass is 241 g/mol. The summed E-state index contributed by atoms with van der Waals surface area (Å²) in [6.07, 6.45) is -4.22. The molecule has 1 rings (SSSR count). The molecule has 1 aliphatic rings. The molecule has 0 aromatic heterocycles. The zero-order valence-corrected chi connectivity index (χ0v) is 8.39. The molecule has 0 spiro atoms. The molecule has 0 saturated carbocycles. The largest absolute Gasteiger partial charge is 0.417 e. The van der Waals surface area contributed by atoms with Crippen molar-refractivity contribution in [1.82, 2.24) is 0 Å². The fourth-order valence-electron chi connectivity index (χ4n) is 1.31. The third-order valence-electron chi connectivity index (χ3n) is 2.06. The van der Waals surface area contributed by atoms with Gasteiger partial charge in [-0.25, -0.2) is 0 Å². The first kappa shape index (κ1) is 12.0. The van der Waals surface area contributed by atoms with Crippen LogP contribution in [0.1, 0.15) is 13.3 Å². The van der Waals surface area contributed by atoms with Crippen LogP contribution in [-0.4, -0.2) is 11.1 Å². The average Bonchev–Trinajstić information content (AvgIpc) is 2.06. The fourth-order valence-corrected chi connectivity index (χ4v) is 1.55. The average molecular weight is 242 g/mol. The summed E-state index contributed by atoms with van der Waals surface area (Å²) in [7, 11) is 0. The first-order valence-electron chi connectivity index (χ1n) is 4.05. The minimum Gasteiger partial charge on any atom is -0.259 e. The zero-order valence-electron chi connectivity index (χ0n) is 7.64. The van der Waals surface area contributed by atoms with E-state index in [1.54, 1.807) is 0 Å². The van der Waals surface area contributed by atoms with Gasteiger partial charge in [-0.1, -0.05) is 18.5 Å². The van der Waals surface area contributed by atoms with Gasteiger partial charge in [-0.3, -0.25) is 10.1 Å². The highest BCUT2D eigenvalue weighted by Gasteiger charge is 2.40. The maximum absolute atomic E-state index is 12.4. The van der Waals surface area contributed by atoms with E-state index in [4.69, 9.17) is 11.6 Å². The number of rotatable bonds is 1. The summed E-state index contributed by atoms with van der Waals surface area (Å²) in [5.41, 5.74) is -1.58. The quantitative estimate of drug-likeness (QED) is 0.522. The highest BCUT2D eigenvalue weighted by Crippen LogP contribution is 2.40. The van der Waals surface area contributed by atoms with E-state index in [-0.39, 0.29) is 11.5 Å². The van der Waals surface area contributed by atoms with Gasteiger partial charge in [0.05, 0.1) is 10.5 Å². The molecular weight excluding hydrogens is 235 g/mol. The van der Waals surface area contributed by atoms with Crippen LogP contribution in [0.3, 0.4) is 0 Å². The van der Waals surface area contributed by atoms with Crippen LogP contribution in [0, 0.1) is 16.0 Å². The van der Waals surface area contributed by atoms with Crippen molar-refractivity contribution in [2.45, 2.75) is 19.5 Å². The number of hydrogen-bond donors (Lipinski definition) is 0. The maximum Gasteiger partial charge on any atom is 0.417 e. The summed E-state index contributed by atoms with van der Waals surface area (Å²) < 4.78 is 37.2. The number of nitrogens with zero attached hydrogens (tertiary/aromatic N) is 1. The van der Waals surface area contributed by atoms with Crippen LogP contribution in [0.5, 0.6) is 0 Å². The fraction of sp³-hybridized carbons (Fsp3) is 0.500. The lowest BCUT2D eigenvalue weighted by Gasteiger charge is -2.19. The molecule has 0 radical (unpaired) electrons. The standard InChI is InChI=1S/C8H7ClF3NO2/c1-4-2-5(13(14)15)3-6(7(4)9)8(10,11)12/h3-4H,2H2,1H3. The van der Waals surface area contributed by atoms with E-state index in [0.717, 1.165) is 0 Å². The van der Waals surface area contributed by atoms with Crippen molar-refractivity contribution >= 4 is 11.6 Å². The Morgan fingerprint density at radius 1 is 1.60 bits per heavy atom. The van der Waals surface area contributed by atoms with Gasteiger partial charge in [-0.05, 0) is 0 Å². The van der Waals surface area contributed by atoms with Gasteiger partial charge in [0, 0.05) is 23.4 Å². The molecule has 1 aliphatic carbocycles. The molecule has 0 aliphatic heterocycles. The van der Waals surface area contributed by atoms with Crippen molar-refractivity contribution in [3.63, 3.8) is 0 Å². The first-order valence-corrected chi connectivity index (χ1v) is 4.43. The van der Waals surface area contributed by atoms with Crippen molar-refractivity contribution in [1.29, 1.82) is 0 Å². The molecule has 0 saturated heterocycles. The van der Waals surface area contributed by atoms with Crippen LogP contribution in [-0.2, 0) is 0 Å². The van der Waals surface area contributed by atoms with Crippen molar-refractivity contribution in [2.24, 2.45) is 5.92 Å². The van der Waals surface area contributed by atoms with Crippen LogP contribution in [0.25, 0.3) is 0 Å². The number of nitro groups is 1.